The number of nitrogens with one attached hydrogen (secondary N) is 1. The van der Waals surface area contributed by atoms with E-state index in [-0.39, 0.29) is 7.52 Å². The summed E-state index contributed by atoms with van der Waals surface area (Å²) in [6, 6.07) is 0. The van der Waals surface area contributed by atoms with Crippen molar-refractivity contribution in [1.29, 1.82) is 0 Å². The van der Waals surface area contributed by atoms with E-state index >= 15 is 0 Å². The molecule has 0 saturated heterocycles. The van der Waals surface area contributed by atoms with Gasteiger partial charge in [0.2, 0.25) is 0 Å². The highest BCUT2D eigenvalue weighted by Crippen LogP contribution is 1.92. The van der Waals surface area contributed by atoms with Gasteiger partial charge in [-0.3, -0.25) is 0 Å². The van der Waals surface area contributed by atoms with Gasteiger partial charge < -0.3 is 10.1 Å². The fraction of sp³-hybridized carbons (Fsp3) is 0.889. The molecule has 0 saturated carbocycles. The lowest BCUT2D eigenvalue weighted by molar-refractivity contribution is 0.133. The van der Waals surface area contributed by atoms with Crippen LogP contribution in [0, 0.1) is 5.92 Å². The van der Waals surface area contributed by atoms with Gasteiger partial charge in [0.15, 0.2) is 0 Å². The summed E-state index contributed by atoms with van der Waals surface area (Å²) < 4.78 is 4.90. The number of ether oxygens (including phenoxy) is 1. The minimum absolute atomic E-state index is 0. The number of rotatable bonds is 5. The van der Waals surface area contributed by atoms with Gasteiger partial charge in [-0.15, -0.1) is 0 Å². The van der Waals surface area contributed by atoms with Crippen molar-refractivity contribution < 1.29 is 11.0 Å². The Kier molecular flexibility index (Phi) is 6.53. The first-order valence-electron chi connectivity index (χ1n) is 4.57. The van der Waals surface area contributed by atoms with Gasteiger partial charge in [-0.1, -0.05) is 27.2 Å². The first-order valence-corrected chi connectivity index (χ1v) is 4.57. The van der Waals surface area contributed by atoms with Gasteiger partial charge in [0.1, 0.15) is 0 Å². The van der Waals surface area contributed by atoms with Gasteiger partial charge in [-0.05, 0) is 12.3 Å². The topological polar surface area (TPSA) is 38.3 Å². The zero-order valence-corrected chi connectivity index (χ0v) is 8.22. The van der Waals surface area contributed by atoms with E-state index in [4.69, 9.17) is 4.74 Å². The van der Waals surface area contributed by atoms with Crippen LogP contribution in [-0.2, 0) is 4.74 Å². The maximum atomic E-state index is 10.9. The van der Waals surface area contributed by atoms with Crippen LogP contribution < -0.4 is 5.32 Å². The van der Waals surface area contributed by atoms with Crippen molar-refractivity contribution in [2.75, 3.05) is 13.2 Å². The number of unbranched alkanes of at least 4 members (excludes halogenated alkanes) is 1. The van der Waals surface area contributed by atoms with Gasteiger partial charge in [0.05, 0.1) is 6.61 Å². The molecular weight excluding hydrogens is 154 g/mol. The molecule has 0 rings (SSSR count). The normalized spacial score (nSPS) is 10.0. The summed E-state index contributed by atoms with van der Waals surface area (Å²) in [5.41, 5.74) is 0. The van der Waals surface area contributed by atoms with E-state index in [0.29, 0.717) is 19.1 Å². The summed E-state index contributed by atoms with van der Waals surface area (Å²) in [6.07, 6.45) is 1.80. The monoisotopic (exact) mass is 175 g/mol. The van der Waals surface area contributed by atoms with Crippen molar-refractivity contribution in [2.24, 2.45) is 5.92 Å². The third-order valence-corrected chi connectivity index (χ3v) is 1.35. The van der Waals surface area contributed by atoms with Gasteiger partial charge in [0, 0.05) is 7.97 Å². The highest BCUT2D eigenvalue weighted by molar-refractivity contribution is 5.66. The molecule has 12 heavy (non-hydrogen) atoms. The number of alkyl carbamates (subject to hydrolysis) is 1. The summed E-state index contributed by atoms with van der Waals surface area (Å²) in [5, 5.41) is 2.68. The van der Waals surface area contributed by atoms with Crippen LogP contribution in [0.3, 0.4) is 0 Å². The molecule has 3 heteroatoms. The fourth-order valence-corrected chi connectivity index (χ4v) is 0.661. The van der Waals surface area contributed by atoms with Crippen LogP contribution in [0.1, 0.15) is 35.0 Å². The maximum absolute atomic E-state index is 10.9. The quantitative estimate of drug-likeness (QED) is 0.652. The predicted molar refractivity (Wildman–Crippen MR) is 51.2 cm³/mol. The Hall–Kier alpha value is -0.730. The summed E-state index contributed by atoms with van der Waals surface area (Å²) in [5.74, 6) is 0.405. The average molecular weight is 175 g/mol. The Morgan fingerprint density at radius 3 is 2.75 bits per heavy atom. The predicted octanol–water partition coefficient (Wildman–Crippen LogP) is 2.41. The SMILES string of the molecule is CCCCNC(=O)OCC(C)C.[HH]. The molecule has 0 aromatic rings. The minimum atomic E-state index is -0.294. The van der Waals surface area contributed by atoms with Gasteiger partial charge in [-0.2, -0.15) is 0 Å². The molecule has 0 heterocycles. The molecular formula is C9H21NO2. The molecule has 0 aliphatic carbocycles. The molecule has 0 fully saturated rings. The lowest BCUT2D eigenvalue weighted by Crippen LogP contribution is -2.26. The van der Waals surface area contributed by atoms with Crippen molar-refractivity contribution in [3.05, 3.63) is 0 Å². The number of hydrogen-bond acceptors (Lipinski definition) is 2. The number of amides is 1. The highest BCUT2D eigenvalue weighted by atomic mass is 16.5. The largest absolute Gasteiger partial charge is 0.449 e. The number of carbonyl (C=O) groups excluding carboxylic acids is 1. The fourth-order valence-electron chi connectivity index (χ4n) is 0.661. The Bertz CT molecular complexity index is 129. The smallest absolute Gasteiger partial charge is 0.407 e. The third-order valence-electron chi connectivity index (χ3n) is 1.35. The zero-order chi connectivity index (χ0) is 9.40. The number of hydrogen-bond donors (Lipinski definition) is 1. The van der Waals surface area contributed by atoms with E-state index in [9.17, 15) is 4.79 Å². The molecule has 0 unspecified atom stereocenters. The maximum Gasteiger partial charge on any atom is 0.407 e. The molecule has 0 bridgehead atoms. The van der Waals surface area contributed by atoms with E-state index in [2.05, 4.69) is 12.2 Å². The molecule has 0 atom stereocenters. The molecule has 0 aromatic heterocycles. The lowest BCUT2D eigenvalue weighted by atomic mass is 10.2. The second-order valence-corrected chi connectivity index (χ2v) is 3.27. The third kappa shape index (κ3) is 7.38. The Morgan fingerprint density at radius 2 is 2.25 bits per heavy atom. The van der Waals surface area contributed by atoms with E-state index < -0.39 is 0 Å². The van der Waals surface area contributed by atoms with Crippen LogP contribution >= 0.6 is 0 Å². The Morgan fingerprint density at radius 1 is 1.58 bits per heavy atom. The standard InChI is InChI=1S/C9H19NO2.H2/c1-4-5-6-10-9(11)12-7-8(2)3;/h8H,4-7H2,1-3H3,(H,10,11);1H. The summed E-state index contributed by atoms with van der Waals surface area (Å²) in [7, 11) is 0. The minimum Gasteiger partial charge on any atom is -0.449 e. The second kappa shape index (κ2) is 6.95. The molecule has 0 aliphatic heterocycles. The van der Waals surface area contributed by atoms with Crippen molar-refractivity contribution >= 4 is 6.09 Å². The molecule has 0 spiro atoms. The van der Waals surface area contributed by atoms with Crippen molar-refractivity contribution in [1.82, 2.24) is 5.32 Å². The van der Waals surface area contributed by atoms with Crippen LogP contribution in [0.25, 0.3) is 0 Å². The Labute approximate surface area is 76.0 Å². The van der Waals surface area contributed by atoms with Crippen molar-refractivity contribution in [3.63, 3.8) is 0 Å². The van der Waals surface area contributed by atoms with E-state index in [0.717, 1.165) is 12.8 Å². The average Bonchev–Trinajstić information content (AvgIpc) is 2.01. The van der Waals surface area contributed by atoms with Gasteiger partial charge >= 0.3 is 6.09 Å². The Balaban J connectivity index is 0. The molecule has 0 radical (unpaired) electrons. The van der Waals surface area contributed by atoms with E-state index in [1.165, 1.54) is 0 Å². The summed E-state index contributed by atoms with van der Waals surface area (Å²) in [4.78, 5) is 10.9. The van der Waals surface area contributed by atoms with E-state index in [1.807, 2.05) is 13.8 Å². The molecule has 1 N–H and O–H groups in total. The van der Waals surface area contributed by atoms with Gasteiger partial charge in [-0.25, -0.2) is 4.79 Å². The molecule has 3 nitrogen and oxygen atoms in total. The molecule has 74 valence electrons. The van der Waals surface area contributed by atoms with Gasteiger partial charge in [0.25, 0.3) is 0 Å². The number of carbonyl (C=O) groups is 1. The highest BCUT2D eigenvalue weighted by Gasteiger charge is 2.01. The van der Waals surface area contributed by atoms with E-state index in [1.54, 1.807) is 0 Å². The molecule has 1 amide bonds. The van der Waals surface area contributed by atoms with Crippen LogP contribution in [0.5, 0.6) is 0 Å². The van der Waals surface area contributed by atoms with Crippen LogP contribution in [0.2, 0.25) is 0 Å². The first kappa shape index (κ1) is 11.3. The molecule has 0 aliphatic rings. The van der Waals surface area contributed by atoms with Crippen LogP contribution in [0.4, 0.5) is 4.79 Å². The summed E-state index contributed by atoms with van der Waals surface area (Å²) in [6.45, 7) is 7.32. The molecule has 0 aromatic carbocycles. The second-order valence-electron chi connectivity index (χ2n) is 3.27. The van der Waals surface area contributed by atoms with Crippen LogP contribution in [-0.4, -0.2) is 19.2 Å². The first-order chi connectivity index (χ1) is 5.66. The summed E-state index contributed by atoms with van der Waals surface area (Å²) >= 11 is 0. The zero-order valence-electron chi connectivity index (χ0n) is 8.22. The van der Waals surface area contributed by atoms with Crippen molar-refractivity contribution in [3.8, 4) is 0 Å². The lowest BCUT2D eigenvalue weighted by Gasteiger charge is -2.07. The van der Waals surface area contributed by atoms with Crippen molar-refractivity contribution in [2.45, 2.75) is 33.6 Å². The van der Waals surface area contributed by atoms with Crippen LogP contribution in [0.15, 0.2) is 0 Å².